The average molecular weight is 262 g/mol. The Morgan fingerprint density at radius 2 is 2.26 bits per heavy atom. The van der Waals surface area contributed by atoms with E-state index < -0.39 is 6.04 Å². The summed E-state index contributed by atoms with van der Waals surface area (Å²) >= 11 is 0. The molecule has 0 amide bonds. The minimum Gasteiger partial charge on any atom is -0.495 e. The molecule has 5 heteroatoms. The van der Waals surface area contributed by atoms with Crippen LogP contribution in [0.5, 0.6) is 5.75 Å². The zero-order chi connectivity index (χ0) is 13.8. The van der Waals surface area contributed by atoms with Crippen LogP contribution in [-0.4, -0.2) is 30.7 Å². The van der Waals surface area contributed by atoms with Gasteiger partial charge in [0.25, 0.3) is 0 Å². The number of aromatic nitrogens is 1. The maximum Gasteiger partial charge on any atom is 0.323 e. The molecule has 0 aliphatic heterocycles. The summed E-state index contributed by atoms with van der Waals surface area (Å²) < 4.78 is 10.2. The van der Waals surface area contributed by atoms with Gasteiger partial charge in [0.05, 0.1) is 19.2 Å². The highest BCUT2D eigenvalue weighted by Gasteiger charge is 2.17. The number of carbonyl (C=O) groups excluding carboxylic acids is 1. The van der Waals surface area contributed by atoms with E-state index in [9.17, 15) is 4.79 Å². The fraction of sp³-hybridized carbons (Fsp3) is 0.357. The van der Waals surface area contributed by atoms with E-state index in [1.807, 2.05) is 24.4 Å². The van der Waals surface area contributed by atoms with Gasteiger partial charge < -0.3 is 20.2 Å². The number of methoxy groups -OCH3 is 1. The molecule has 0 fully saturated rings. The van der Waals surface area contributed by atoms with Crippen LogP contribution in [0.4, 0.5) is 0 Å². The lowest BCUT2D eigenvalue weighted by Gasteiger charge is -2.09. The molecule has 0 aliphatic rings. The van der Waals surface area contributed by atoms with Gasteiger partial charge >= 0.3 is 5.97 Å². The van der Waals surface area contributed by atoms with E-state index in [-0.39, 0.29) is 5.97 Å². The van der Waals surface area contributed by atoms with Crippen LogP contribution >= 0.6 is 0 Å². The number of nitrogens with two attached hydrogens (primary N) is 1. The monoisotopic (exact) mass is 262 g/mol. The number of esters is 1. The molecular formula is C14H18N2O3. The highest BCUT2D eigenvalue weighted by Crippen LogP contribution is 2.27. The zero-order valence-corrected chi connectivity index (χ0v) is 11.1. The van der Waals surface area contributed by atoms with Crippen molar-refractivity contribution in [3.05, 3.63) is 30.0 Å². The van der Waals surface area contributed by atoms with E-state index in [4.69, 9.17) is 15.2 Å². The van der Waals surface area contributed by atoms with E-state index in [1.165, 1.54) is 0 Å². The molecule has 3 N–H and O–H groups in total. The number of benzene rings is 1. The van der Waals surface area contributed by atoms with Crippen molar-refractivity contribution < 1.29 is 14.3 Å². The smallest absolute Gasteiger partial charge is 0.323 e. The highest BCUT2D eigenvalue weighted by atomic mass is 16.5. The summed E-state index contributed by atoms with van der Waals surface area (Å²) in [6.45, 7) is 2.11. The van der Waals surface area contributed by atoms with Crippen LogP contribution in [0.1, 0.15) is 12.5 Å². The quantitative estimate of drug-likeness (QED) is 0.802. The molecule has 19 heavy (non-hydrogen) atoms. The number of H-pyrrole nitrogens is 1. The maximum absolute atomic E-state index is 11.5. The van der Waals surface area contributed by atoms with Crippen molar-refractivity contribution in [2.45, 2.75) is 19.4 Å². The Bertz CT molecular complexity index is 577. The third-order valence-electron chi connectivity index (χ3n) is 3.01. The zero-order valence-electron chi connectivity index (χ0n) is 11.1. The van der Waals surface area contributed by atoms with Gasteiger partial charge in [-0.2, -0.15) is 0 Å². The second kappa shape index (κ2) is 5.75. The van der Waals surface area contributed by atoms with Crippen LogP contribution in [0.3, 0.4) is 0 Å². The molecule has 5 nitrogen and oxygen atoms in total. The summed E-state index contributed by atoms with van der Waals surface area (Å²) in [6, 6.07) is 5.12. The first-order valence-corrected chi connectivity index (χ1v) is 6.22. The number of para-hydroxylation sites is 1. The Morgan fingerprint density at radius 1 is 1.47 bits per heavy atom. The number of aromatic amines is 1. The molecule has 0 radical (unpaired) electrons. The fourth-order valence-corrected chi connectivity index (χ4v) is 2.09. The van der Waals surface area contributed by atoms with Crippen LogP contribution in [-0.2, 0) is 16.0 Å². The Hall–Kier alpha value is -2.01. The van der Waals surface area contributed by atoms with E-state index in [2.05, 4.69) is 4.98 Å². The lowest BCUT2D eigenvalue weighted by Crippen LogP contribution is -2.34. The van der Waals surface area contributed by atoms with Crippen molar-refractivity contribution in [2.24, 2.45) is 5.73 Å². The molecule has 0 saturated carbocycles. The fourth-order valence-electron chi connectivity index (χ4n) is 2.09. The Morgan fingerprint density at radius 3 is 2.95 bits per heavy atom. The summed E-state index contributed by atoms with van der Waals surface area (Å²) in [5.74, 6) is 0.396. The molecule has 1 aromatic carbocycles. The lowest BCUT2D eigenvalue weighted by atomic mass is 10.1. The van der Waals surface area contributed by atoms with Gasteiger partial charge in [0.15, 0.2) is 0 Å². The van der Waals surface area contributed by atoms with Crippen molar-refractivity contribution in [2.75, 3.05) is 13.7 Å². The van der Waals surface area contributed by atoms with E-state index in [0.717, 1.165) is 22.2 Å². The molecular weight excluding hydrogens is 244 g/mol. The SMILES string of the molecule is CCOC(=O)C(N)Cc1c[nH]c2c(OC)cccc12. The molecule has 1 atom stereocenters. The molecule has 1 heterocycles. The minimum absolute atomic E-state index is 0.342. The summed E-state index contributed by atoms with van der Waals surface area (Å²) in [7, 11) is 1.62. The van der Waals surface area contributed by atoms with Gasteiger partial charge in [0.2, 0.25) is 0 Å². The second-order valence-electron chi connectivity index (χ2n) is 4.26. The number of hydrogen-bond acceptors (Lipinski definition) is 4. The first kappa shape index (κ1) is 13.4. The largest absolute Gasteiger partial charge is 0.495 e. The van der Waals surface area contributed by atoms with E-state index in [0.29, 0.717) is 13.0 Å². The summed E-state index contributed by atoms with van der Waals surface area (Å²) in [4.78, 5) is 14.7. The van der Waals surface area contributed by atoms with Crippen LogP contribution in [0.2, 0.25) is 0 Å². The third-order valence-corrected chi connectivity index (χ3v) is 3.01. The van der Waals surface area contributed by atoms with Gasteiger partial charge in [-0.25, -0.2) is 0 Å². The molecule has 0 saturated heterocycles. The van der Waals surface area contributed by atoms with E-state index in [1.54, 1.807) is 14.0 Å². The van der Waals surface area contributed by atoms with Crippen molar-refractivity contribution in [1.29, 1.82) is 0 Å². The highest BCUT2D eigenvalue weighted by molar-refractivity contribution is 5.89. The Balaban J connectivity index is 2.24. The third kappa shape index (κ3) is 2.71. The van der Waals surface area contributed by atoms with Crippen molar-refractivity contribution in [3.8, 4) is 5.75 Å². The standard InChI is InChI=1S/C14H18N2O3/c1-3-19-14(17)11(15)7-9-8-16-13-10(9)5-4-6-12(13)18-2/h4-6,8,11,16H,3,7,15H2,1-2H3. The van der Waals surface area contributed by atoms with Crippen LogP contribution in [0.25, 0.3) is 10.9 Å². The van der Waals surface area contributed by atoms with Crippen molar-refractivity contribution in [1.82, 2.24) is 4.98 Å². The number of ether oxygens (including phenoxy) is 2. The number of nitrogens with one attached hydrogen (secondary N) is 1. The van der Waals surface area contributed by atoms with Crippen LogP contribution in [0.15, 0.2) is 24.4 Å². The number of carbonyl (C=O) groups is 1. The lowest BCUT2D eigenvalue weighted by molar-refractivity contribution is -0.144. The Kier molecular flexibility index (Phi) is 4.06. The molecule has 1 aromatic heterocycles. The van der Waals surface area contributed by atoms with Gasteiger partial charge in [0.1, 0.15) is 11.8 Å². The maximum atomic E-state index is 11.5. The van der Waals surface area contributed by atoms with Gasteiger partial charge in [0, 0.05) is 18.0 Å². The van der Waals surface area contributed by atoms with Gasteiger partial charge in [-0.1, -0.05) is 12.1 Å². The molecule has 2 rings (SSSR count). The molecule has 102 valence electrons. The molecule has 1 unspecified atom stereocenters. The Labute approximate surface area is 111 Å². The number of fused-ring (bicyclic) bond motifs is 1. The molecule has 0 bridgehead atoms. The number of hydrogen-bond donors (Lipinski definition) is 2. The average Bonchev–Trinajstić information content (AvgIpc) is 2.82. The second-order valence-corrected chi connectivity index (χ2v) is 4.26. The van der Waals surface area contributed by atoms with Crippen molar-refractivity contribution >= 4 is 16.9 Å². The number of rotatable bonds is 5. The minimum atomic E-state index is -0.648. The topological polar surface area (TPSA) is 77.3 Å². The van der Waals surface area contributed by atoms with Gasteiger partial charge in [-0.15, -0.1) is 0 Å². The predicted molar refractivity (Wildman–Crippen MR) is 73.2 cm³/mol. The van der Waals surface area contributed by atoms with Crippen LogP contribution < -0.4 is 10.5 Å². The van der Waals surface area contributed by atoms with Crippen LogP contribution in [0, 0.1) is 0 Å². The van der Waals surface area contributed by atoms with Crippen molar-refractivity contribution in [3.63, 3.8) is 0 Å². The first-order valence-electron chi connectivity index (χ1n) is 6.22. The summed E-state index contributed by atoms with van der Waals surface area (Å²) in [5.41, 5.74) is 7.73. The molecule has 0 spiro atoms. The summed E-state index contributed by atoms with van der Waals surface area (Å²) in [6.07, 6.45) is 2.29. The van der Waals surface area contributed by atoms with Gasteiger partial charge in [-0.05, 0) is 18.6 Å². The summed E-state index contributed by atoms with van der Waals surface area (Å²) in [5, 5.41) is 1.01. The van der Waals surface area contributed by atoms with Gasteiger partial charge in [-0.3, -0.25) is 4.79 Å². The first-order chi connectivity index (χ1) is 9.17. The van der Waals surface area contributed by atoms with E-state index >= 15 is 0 Å². The molecule has 2 aromatic rings. The predicted octanol–water partition coefficient (Wildman–Crippen LogP) is 1.61. The molecule has 0 aliphatic carbocycles. The normalized spacial score (nSPS) is 12.4.